The number of likely N-dealkylation sites (tertiary alicyclic amines) is 1. The summed E-state index contributed by atoms with van der Waals surface area (Å²) in [6.07, 6.45) is 3.97. The molecule has 3 aromatic rings. The normalized spacial score (nSPS) is 18.7. The van der Waals surface area contributed by atoms with Crippen LogP contribution in [-0.2, 0) is 17.8 Å². The molecule has 2 atom stereocenters. The highest BCUT2D eigenvalue weighted by Gasteiger charge is 2.41. The Kier molecular flexibility index (Phi) is 6.52. The van der Waals surface area contributed by atoms with Crippen molar-refractivity contribution in [2.24, 2.45) is 11.8 Å². The van der Waals surface area contributed by atoms with E-state index < -0.39 is 11.8 Å². The van der Waals surface area contributed by atoms with E-state index in [2.05, 4.69) is 20.2 Å². The highest BCUT2D eigenvalue weighted by atomic mass is 19.1. The number of ketones is 1. The molecule has 31 heavy (non-hydrogen) atoms. The van der Waals surface area contributed by atoms with Crippen molar-refractivity contribution in [3.8, 4) is 0 Å². The summed E-state index contributed by atoms with van der Waals surface area (Å²) in [7, 11) is 0. The first-order valence-corrected chi connectivity index (χ1v) is 10.4. The van der Waals surface area contributed by atoms with Gasteiger partial charge in [0.15, 0.2) is 5.78 Å². The number of H-pyrrole nitrogens is 1. The summed E-state index contributed by atoms with van der Waals surface area (Å²) in [5.74, 6) is -1.56. The molecule has 0 bridgehead atoms. The van der Waals surface area contributed by atoms with Crippen molar-refractivity contribution in [3.05, 3.63) is 89.8 Å². The van der Waals surface area contributed by atoms with E-state index in [1.165, 1.54) is 24.3 Å². The molecule has 0 unspecified atom stereocenters. The molecule has 1 fully saturated rings. The van der Waals surface area contributed by atoms with E-state index in [4.69, 9.17) is 0 Å². The van der Waals surface area contributed by atoms with Gasteiger partial charge in [-0.1, -0.05) is 30.3 Å². The number of hydrogen-bond acceptors (Lipinski definition) is 4. The van der Waals surface area contributed by atoms with E-state index in [9.17, 15) is 14.0 Å². The number of Topliss-reactive ketones (excluding diaryl/α,β-unsaturated/α-hetero) is 1. The number of rotatable bonds is 8. The molecule has 2 N–H and O–H groups in total. The van der Waals surface area contributed by atoms with E-state index in [1.807, 2.05) is 30.3 Å². The van der Waals surface area contributed by atoms with Gasteiger partial charge in [0.25, 0.3) is 0 Å². The highest BCUT2D eigenvalue weighted by molar-refractivity contribution is 6.01. The first-order valence-electron chi connectivity index (χ1n) is 10.4. The summed E-state index contributed by atoms with van der Waals surface area (Å²) in [5, 5.41) is 2.97. The van der Waals surface area contributed by atoms with Crippen LogP contribution in [0.5, 0.6) is 0 Å². The van der Waals surface area contributed by atoms with E-state index in [0.717, 1.165) is 11.3 Å². The maximum absolute atomic E-state index is 13.3. The molecule has 6 nitrogen and oxygen atoms in total. The number of hydrogen-bond donors (Lipinski definition) is 2. The molecule has 1 saturated heterocycles. The number of aromatic nitrogens is 2. The van der Waals surface area contributed by atoms with Gasteiger partial charge in [-0.05, 0) is 29.8 Å². The van der Waals surface area contributed by atoms with Crippen LogP contribution < -0.4 is 5.32 Å². The molecular weight excluding hydrogens is 395 g/mol. The minimum atomic E-state index is -0.471. The molecular formula is C24H25FN4O2. The summed E-state index contributed by atoms with van der Waals surface area (Å²) < 4.78 is 13.3. The van der Waals surface area contributed by atoms with Crippen LogP contribution in [0.25, 0.3) is 0 Å². The summed E-state index contributed by atoms with van der Waals surface area (Å²) in [6.45, 7) is 2.13. The number of aromatic amines is 1. The number of carbonyl (C=O) groups excluding carboxylic acids is 2. The zero-order valence-corrected chi connectivity index (χ0v) is 17.1. The van der Waals surface area contributed by atoms with Gasteiger partial charge in [-0.25, -0.2) is 9.37 Å². The lowest BCUT2D eigenvalue weighted by atomic mass is 9.88. The van der Waals surface area contributed by atoms with Gasteiger partial charge in [0, 0.05) is 56.0 Å². The van der Waals surface area contributed by atoms with Crippen molar-refractivity contribution in [1.29, 1.82) is 0 Å². The summed E-state index contributed by atoms with van der Waals surface area (Å²) in [6, 6.07) is 15.5. The Labute approximate surface area is 180 Å². The molecule has 1 aliphatic rings. The second-order valence-electron chi connectivity index (χ2n) is 7.88. The summed E-state index contributed by atoms with van der Waals surface area (Å²) >= 11 is 0. The van der Waals surface area contributed by atoms with Crippen LogP contribution in [0.2, 0.25) is 0 Å². The molecule has 160 valence electrons. The van der Waals surface area contributed by atoms with Crippen LogP contribution in [0.1, 0.15) is 21.6 Å². The smallest absolute Gasteiger partial charge is 0.225 e. The molecule has 0 saturated carbocycles. The Hall–Kier alpha value is -3.32. The number of carbonyl (C=O) groups is 2. The third-order valence-electron chi connectivity index (χ3n) is 5.70. The SMILES string of the molecule is O=C(NCCc1cnc[nH]1)[C@@H]1CN(Cc2ccccc2)C[C@H]1C(=O)c1ccc(F)cc1. The fraction of sp³-hybridized carbons (Fsp3) is 0.292. The Morgan fingerprint density at radius 3 is 2.52 bits per heavy atom. The molecule has 0 spiro atoms. The Morgan fingerprint density at radius 1 is 1.06 bits per heavy atom. The molecule has 4 rings (SSSR count). The molecule has 1 aromatic heterocycles. The Balaban J connectivity index is 1.46. The third-order valence-corrected chi connectivity index (χ3v) is 5.70. The van der Waals surface area contributed by atoms with Crippen molar-refractivity contribution in [3.63, 3.8) is 0 Å². The maximum atomic E-state index is 13.3. The zero-order valence-electron chi connectivity index (χ0n) is 17.1. The fourth-order valence-electron chi connectivity index (χ4n) is 4.09. The van der Waals surface area contributed by atoms with Crippen LogP contribution >= 0.6 is 0 Å². The number of amides is 1. The largest absolute Gasteiger partial charge is 0.355 e. The summed E-state index contributed by atoms with van der Waals surface area (Å²) in [5.41, 5.74) is 2.51. The van der Waals surface area contributed by atoms with Crippen molar-refractivity contribution < 1.29 is 14.0 Å². The van der Waals surface area contributed by atoms with Gasteiger partial charge < -0.3 is 10.3 Å². The van der Waals surface area contributed by atoms with Crippen molar-refractivity contribution >= 4 is 11.7 Å². The van der Waals surface area contributed by atoms with Gasteiger partial charge in [0.2, 0.25) is 5.91 Å². The van der Waals surface area contributed by atoms with Crippen LogP contribution in [0, 0.1) is 17.7 Å². The number of nitrogens with zero attached hydrogens (tertiary/aromatic N) is 2. The molecule has 7 heteroatoms. The predicted octanol–water partition coefficient (Wildman–Crippen LogP) is 2.84. The lowest BCUT2D eigenvalue weighted by Crippen LogP contribution is -2.38. The van der Waals surface area contributed by atoms with Crippen LogP contribution in [0.4, 0.5) is 4.39 Å². The van der Waals surface area contributed by atoms with E-state index >= 15 is 0 Å². The number of benzene rings is 2. The Morgan fingerprint density at radius 2 is 1.81 bits per heavy atom. The van der Waals surface area contributed by atoms with Crippen molar-refractivity contribution in [2.45, 2.75) is 13.0 Å². The first-order chi connectivity index (χ1) is 15.1. The van der Waals surface area contributed by atoms with Crippen LogP contribution in [-0.4, -0.2) is 46.2 Å². The van der Waals surface area contributed by atoms with E-state index in [0.29, 0.717) is 38.2 Å². The van der Waals surface area contributed by atoms with E-state index in [-0.39, 0.29) is 17.5 Å². The number of imidazole rings is 1. The van der Waals surface area contributed by atoms with Crippen molar-refractivity contribution in [1.82, 2.24) is 20.2 Å². The lowest BCUT2D eigenvalue weighted by molar-refractivity contribution is -0.125. The highest BCUT2D eigenvalue weighted by Crippen LogP contribution is 2.28. The molecule has 1 amide bonds. The second kappa shape index (κ2) is 9.66. The minimum Gasteiger partial charge on any atom is -0.355 e. The Bertz CT molecular complexity index is 1010. The third kappa shape index (κ3) is 5.24. The maximum Gasteiger partial charge on any atom is 0.225 e. The predicted molar refractivity (Wildman–Crippen MR) is 115 cm³/mol. The zero-order chi connectivity index (χ0) is 21.6. The average molecular weight is 420 g/mol. The van der Waals surface area contributed by atoms with E-state index in [1.54, 1.807) is 12.5 Å². The first kappa shape index (κ1) is 20.9. The standard InChI is InChI=1S/C24H25FN4O2/c25-19-8-6-18(7-9-19)23(30)21-14-29(13-17-4-2-1-3-5-17)15-22(21)24(31)27-11-10-20-12-26-16-28-20/h1-9,12,16,21-22H,10-11,13-15H2,(H,26,28)(H,27,31)/t21-,22-/m1/s1. The topological polar surface area (TPSA) is 78.1 Å². The van der Waals surface area contributed by atoms with Crippen LogP contribution in [0.15, 0.2) is 67.1 Å². The number of halogens is 1. The number of nitrogens with one attached hydrogen (secondary N) is 2. The lowest BCUT2D eigenvalue weighted by Gasteiger charge is -2.17. The molecule has 2 aromatic carbocycles. The van der Waals surface area contributed by atoms with Crippen LogP contribution in [0.3, 0.4) is 0 Å². The average Bonchev–Trinajstić information content (AvgIpc) is 3.45. The molecule has 0 radical (unpaired) electrons. The minimum absolute atomic E-state index is 0.121. The van der Waals surface area contributed by atoms with Crippen molar-refractivity contribution in [2.75, 3.05) is 19.6 Å². The van der Waals surface area contributed by atoms with Gasteiger partial charge in [0.1, 0.15) is 5.82 Å². The van der Waals surface area contributed by atoms with Gasteiger partial charge in [-0.3, -0.25) is 14.5 Å². The van der Waals surface area contributed by atoms with Gasteiger partial charge in [-0.2, -0.15) is 0 Å². The molecule has 1 aliphatic heterocycles. The van der Waals surface area contributed by atoms with Gasteiger partial charge in [-0.15, -0.1) is 0 Å². The second-order valence-corrected chi connectivity index (χ2v) is 7.88. The van der Waals surface area contributed by atoms with Gasteiger partial charge in [0.05, 0.1) is 12.2 Å². The molecule has 0 aliphatic carbocycles. The quantitative estimate of drug-likeness (QED) is 0.550. The monoisotopic (exact) mass is 420 g/mol. The summed E-state index contributed by atoms with van der Waals surface area (Å²) in [4.78, 5) is 35.3. The molecule has 2 heterocycles. The van der Waals surface area contributed by atoms with Gasteiger partial charge >= 0.3 is 0 Å². The fourth-order valence-corrected chi connectivity index (χ4v) is 4.09.